The summed E-state index contributed by atoms with van der Waals surface area (Å²) in [7, 11) is 0. The molecule has 0 aliphatic heterocycles. The third-order valence-corrected chi connectivity index (χ3v) is 6.05. The molecule has 4 unspecified atom stereocenters. The molecule has 3 fully saturated rings. The quantitative estimate of drug-likeness (QED) is 0.743. The lowest BCUT2D eigenvalue weighted by Gasteiger charge is -2.04. The molecule has 4 atom stereocenters. The maximum Gasteiger partial charge on any atom is 0.132 e. The van der Waals surface area contributed by atoms with E-state index in [1.54, 1.807) is 11.3 Å². The van der Waals surface area contributed by atoms with E-state index in [2.05, 4.69) is 10.2 Å². The Morgan fingerprint density at radius 1 is 1.20 bits per heavy atom. The van der Waals surface area contributed by atoms with Gasteiger partial charge in [0.2, 0.25) is 0 Å². The van der Waals surface area contributed by atoms with Gasteiger partial charge in [0, 0.05) is 5.92 Å². The van der Waals surface area contributed by atoms with Crippen LogP contribution in [-0.4, -0.2) is 10.2 Å². The molecule has 0 spiro atoms. The molecule has 4 heteroatoms. The average molecular weight is 241 g/mol. The summed E-state index contributed by atoms with van der Waals surface area (Å²) in [5.41, 5.74) is 0. The van der Waals surface area contributed by atoms with Gasteiger partial charge in [-0.05, 0) is 42.9 Å². The molecular formula is C11H13ClN2S. The zero-order valence-electron chi connectivity index (χ0n) is 8.40. The van der Waals surface area contributed by atoms with Crippen molar-refractivity contribution in [3.63, 3.8) is 0 Å². The Labute approximate surface area is 98.0 Å². The largest absolute Gasteiger partial charge is 0.143 e. The van der Waals surface area contributed by atoms with Gasteiger partial charge in [0.15, 0.2) is 0 Å². The fraction of sp³-hybridized carbons (Fsp3) is 0.818. The molecule has 1 aromatic heterocycles. The van der Waals surface area contributed by atoms with Gasteiger partial charge in [-0.3, -0.25) is 0 Å². The van der Waals surface area contributed by atoms with Gasteiger partial charge in [0.1, 0.15) is 10.0 Å². The second-order valence-electron chi connectivity index (χ2n) is 5.18. The normalized spacial score (nSPS) is 45.8. The molecule has 0 N–H and O–H groups in total. The summed E-state index contributed by atoms with van der Waals surface area (Å²) >= 11 is 7.50. The topological polar surface area (TPSA) is 25.8 Å². The molecule has 1 aromatic rings. The zero-order valence-corrected chi connectivity index (χ0v) is 9.97. The van der Waals surface area contributed by atoms with Crippen molar-refractivity contribution >= 4 is 22.9 Å². The summed E-state index contributed by atoms with van der Waals surface area (Å²) in [6.45, 7) is 0. The summed E-state index contributed by atoms with van der Waals surface area (Å²) < 4.78 is 0. The summed E-state index contributed by atoms with van der Waals surface area (Å²) in [6, 6.07) is 0. The highest BCUT2D eigenvalue weighted by Gasteiger charge is 2.66. The maximum absolute atomic E-state index is 5.76. The van der Waals surface area contributed by atoms with Crippen LogP contribution in [0.5, 0.6) is 0 Å². The third-order valence-electron chi connectivity index (χ3n) is 4.62. The molecule has 0 radical (unpaired) electrons. The molecule has 0 saturated heterocycles. The Balaban J connectivity index is 1.61. The fourth-order valence-electron chi connectivity index (χ4n) is 4.11. The van der Waals surface area contributed by atoms with Gasteiger partial charge in [0.25, 0.3) is 0 Å². The highest BCUT2D eigenvalue weighted by atomic mass is 35.5. The van der Waals surface area contributed by atoms with E-state index < -0.39 is 0 Å². The van der Waals surface area contributed by atoms with Crippen molar-refractivity contribution in [2.75, 3.05) is 0 Å². The number of hydrogen-bond donors (Lipinski definition) is 0. The number of halogens is 1. The van der Waals surface area contributed by atoms with E-state index in [9.17, 15) is 0 Å². The van der Waals surface area contributed by atoms with Crippen LogP contribution in [0, 0.1) is 23.7 Å². The van der Waals surface area contributed by atoms with Gasteiger partial charge in [-0.1, -0.05) is 11.3 Å². The molecule has 80 valence electrons. The number of aromatic nitrogens is 2. The minimum atomic E-state index is 0.520. The van der Waals surface area contributed by atoms with Gasteiger partial charge in [-0.2, -0.15) is 0 Å². The highest BCUT2D eigenvalue weighted by molar-refractivity contribution is 7.11. The first-order chi connectivity index (χ1) is 7.38. The van der Waals surface area contributed by atoms with Gasteiger partial charge in [-0.15, -0.1) is 21.8 Å². The van der Waals surface area contributed by atoms with Crippen LogP contribution in [0.25, 0.3) is 0 Å². The lowest BCUT2D eigenvalue weighted by molar-refractivity contribution is 0.456. The van der Waals surface area contributed by atoms with Crippen molar-refractivity contribution in [3.05, 3.63) is 10.0 Å². The SMILES string of the molecule is ClCc1nnc(C2C3C4CCC(C4)C23)s1. The van der Waals surface area contributed by atoms with E-state index in [-0.39, 0.29) is 0 Å². The molecule has 3 aliphatic carbocycles. The van der Waals surface area contributed by atoms with Crippen molar-refractivity contribution < 1.29 is 0 Å². The second-order valence-corrected chi connectivity index (χ2v) is 6.54. The van der Waals surface area contributed by atoms with Crippen LogP contribution >= 0.6 is 22.9 Å². The van der Waals surface area contributed by atoms with Crippen molar-refractivity contribution in [2.45, 2.75) is 31.1 Å². The zero-order chi connectivity index (χ0) is 9.99. The second kappa shape index (κ2) is 2.95. The smallest absolute Gasteiger partial charge is 0.132 e. The first-order valence-corrected chi connectivity index (χ1v) is 7.12. The Hall–Kier alpha value is -0.150. The number of hydrogen-bond acceptors (Lipinski definition) is 3. The maximum atomic E-state index is 5.76. The first kappa shape index (κ1) is 8.94. The molecule has 0 aromatic carbocycles. The monoisotopic (exact) mass is 240 g/mol. The molecular weight excluding hydrogens is 228 g/mol. The molecule has 3 saturated carbocycles. The highest BCUT2D eigenvalue weighted by Crippen LogP contribution is 2.73. The van der Waals surface area contributed by atoms with E-state index >= 15 is 0 Å². The summed E-state index contributed by atoms with van der Waals surface area (Å²) in [5, 5.41) is 10.7. The van der Waals surface area contributed by atoms with Crippen LogP contribution in [-0.2, 0) is 5.88 Å². The molecule has 2 nitrogen and oxygen atoms in total. The van der Waals surface area contributed by atoms with E-state index in [1.807, 2.05) is 0 Å². The Kier molecular flexibility index (Phi) is 1.76. The number of rotatable bonds is 2. The van der Waals surface area contributed by atoms with Crippen molar-refractivity contribution in [3.8, 4) is 0 Å². The standard InChI is InChI=1S/C11H13ClN2S/c12-4-7-13-14-11(15-7)10-8-5-1-2-6(3-5)9(8)10/h5-6,8-10H,1-4H2. The van der Waals surface area contributed by atoms with Crippen molar-refractivity contribution in [1.82, 2.24) is 10.2 Å². The number of fused-ring (bicyclic) bond motifs is 5. The van der Waals surface area contributed by atoms with Crippen LogP contribution in [0.2, 0.25) is 0 Å². The van der Waals surface area contributed by atoms with Gasteiger partial charge < -0.3 is 0 Å². The Morgan fingerprint density at radius 2 is 1.93 bits per heavy atom. The fourth-order valence-corrected chi connectivity index (χ4v) is 5.24. The molecule has 15 heavy (non-hydrogen) atoms. The van der Waals surface area contributed by atoms with E-state index in [0.717, 1.165) is 34.6 Å². The lowest BCUT2D eigenvalue weighted by Crippen LogP contribution is -1.96. The summed E-state index contributed by atoms with van der Waals surface area (Å²) in [5.74, 6) is 5.28. The minimum absolute atomic E-state index is 0.520. The van der Waals surface area contributed by atoms with E-state index in [1.165, 1.54) is 24.3 Å². The van der Waals surface area contributed by atoms with E-state index in [0.29, 0.717) is 5.88 Å². The number of alkyl halides is 1. The molecule has 2 bridgehead atoms. The van der Waals surface area contributed by atoms with Crippen molar-refractivity contribution in [2.24, 2.45) is 23.7 Å². The van der Waals surface area contributed by atoms with Crippen LogP contribution in [0.1, 0.15) is 35.2 Å². The summed E-state index contributed by atoms with van der Waals surface area (Å²) in [6.07, 6.45) is 4.46. The van der Waals surface area contributed by atoms with Crippen molar-refractivity contribution in [1.29, 1.82) is 0 Å². The predicted molar refractivity (Wildman–Crippen MR) is 60.0 cm³/mol. The van der Waals surface area contributed by atoms with Crippen LogP contribution in [0.4, 0.5) is 0 Å². The molecule has 0 amide bonds. The summed E-state index contributed by atoms with van der Waals surface area (Å²) in [4.78, 5) is 0. The van der Waals surface area contributed by atoms with Gasteiger partial charge in [-0.25, -0.2) is 0 Å². The minimum Gasteiger partial charge on any atom is -0.143 e. The Morgan fingerprint density at radius 3 is 2.53 bits per heavy atom. The van der Waals surface area contributed by atoms with Gasteiger partial charge in [0.05, 0.1) is 5.88 Å². The third kappa shape index (κ3) is 1.11. The van der Waals surface area contributed by atoms with Gasteiger partial charge >= 0.3 is 0 Å². The molecule has 3 aliphatic rings. The van der Waals surface area contributed by atoms with Crippen LogP contribution in [0.3, 0.4) is 0 Å². The number of nitrogens with zero attached hydrogens (tertiary/aromatic N) is 2. The average Bonchev–Trinajstić information content (AvgIpc) is 2.72. The van der Waals surface area contributed by atoms with E-state index in [4.69, 9.17) is 11.6 Å². The molecule has 4 rings (SSSR count). The predicted octanol–water partition coefficient (Wildman–Crippen LogP) is 3.04. The van der Waals surface area contributed by atoms with Crippen LogP contribution < -0.4 is 0 Å². The molecule has 1 heterocycles. The lowest BCUT2D eigenvalue weighted by atomic mass is 10.0. The van der Waals surface area contributed by atoms with Crippen LogP contribution in [0.15, 0.2) is 0 Å². The first-order valence-electron chi connectivity index (χ1n) is 5.76. The Bertz CT molecular complexity index is 389.